The summed E-state index contributed by atoms with van der Waals surface area (Å²) in [5.41, 5.74) is -1.84. The van der Waals surface area contributed by atoms with Gasteiger partial charge in [0.05, 0.1) is 0 Å². The number of carboxylic acid groups (broad SMARTS) is 1. The van der Waals surface area contributed by atoms with Crippen molar-refractivity contribution in [2.24, 2.45) is 0 Å². The molecule has 0 unspecified atom stereocenters. The lowest BCUT2D eigenvalue weighted by atomic mass is 9.92. The van der Waals surface area contributed by atoms with Gasteiger partial charge in [-0.05, 0) is 33.8 Å². The molecular formula is C14H18BrNO4. The molecule has 0 bridgehead atoms. The molecule has 0 aliphatic rings. The summed E-state index contributed by atoms with van der Waals surface area (Å²) >= 11 is 3.30. The molecule has 1 rings (SSSR count). The van der Waals surface area contributed by atoms with E-state index in [1.165, 1.54) is 6.92 Å². The molecule has 0 aliphatic carbocycles. The molecule has 0 heterocycles. The fourth-order valence-electron chi connectivity index (χ4n) is 1.61. The fraction of sp³-hybridized carbons (Fsp3) is 0.429. The number of alkyl carbamates (subject to hydrolysis) is 1. The summed E-state index contributed by atoms with van der Waals surface area (Å²) in [6.45, 7) is 6.55. The predicted molar refractivity (Wildman–Crippen MR) is 78.5 cm³/mol. The first-order valence-corrected chi connectivity index (χ1v) is 6.85. The topological polar surface area (TPSA) is 75.6 Å². The number of rotatable bonds is 3. The van der Waals surface area contributed by atoms with Crippen molar-refractivity contribution in [3.63, 3.8) is 0 Å². The maximum absolute atomic E-state index is 11.9. The molecule has 110 valence electrons. The SMILES string of the molecule is CC(C)(C)OC(=O)N[C@](C)(C(=O)O)c1ccccc1Br. The molecule has 5 nitrogen and oxygen atoms in total. The Bertz CT molecular complexity index is 524. The van der Waals surface area contributed by atoms with Gasteiger partial charge in [-0.15, -0.1) is 0 Å². The summed E-state index contributed by atoms with van der Waals surface area (Å²) < 4.78 is 5.71. The number of halogens is 1. The monoisotopic (exact) mass is 343 g/mol. The van der Waals surface area contributed by atoms with Crippen LogP contribution in [0.25, 0.3) is 0 Å². The third-order valence-electron chi connectivity index (χ3n) is 2.59. The molecule has 0 aliphatic heterocycles. The van der Waals surface area contributed by atoms with Crippen LogP contribution in [0.2, 0.25) is 0 Å². The fourth-order valence-corrected chi connectivity index (χ4v) is 2.29. The number of carbonyl (C=O) groups excluding carboxylic acids is 1. The Labute approximate surface area is 126 Å². The zero-order valence-electron chi connectivity index (χ0n) is 11.9. The van der Waals surface area contributed by atoms with E-state index in [-0.39, 0.29) is 0 Å². The van der Waals surface area contributed by atoms with Crippen LogP contribution < -0.4 is 5.32 Å². The second kappa shape index (κ2) is 5.83. The highest BCUT2D eigenvalue weighted by Crippen LogP contribution is 2.29. The molecule has 0 spiro atoms. The Morgan fingerprint density at radius 1 is 1.20 bits per heavy atom. The maximum Gasteiger partial charge on any atom is 0.408 e. The normalized spacial score (nSPS) is 14.2. The van der Waals surface area contributed by atoms with Crippen molar-refractivity contribution in [1.82, 2.24) is 5.32 Å². The van der Waals surface area contributed by atoms with Crippen LogP contribution in [0.5, 0.6) is 0 Å². The lowest BCUT2D eigenvalue weighted by Crippen LogP contribution is -2.51. The van der Waals surface area contributed by atoms with Gasteiger partial charge in [0.1, 0.15) is 5.60 Å². The van der Waals surface area contributed by atoms with Gasteiger partial charge >= 0.3 is 12.1 Å². The van der Waals surface area contributed by atoms with Crippen LogP contribution in [0.3, 0.4) is 0 Å². The van der Waals surface area contributed by atoms with Crippen molar-refractivity contribution in [2.45, 2.75) is 38.8 Å². The second-order valence-corrected chi connectivity index (χ2v) is 6.39. The van der Waals surface area contributed by atoms with Crippen LogP contribution in [-0.4, -0.2) is 22.8 Å². The van der Waals surface area contributed by atoms with Gasteiger partial charge in [0, 0.05) is 10.0 Å². The number of amides is 1. The molecule has 1 atom stereocenters. The highest BCUT2D eigenvalue weighted by Gasteiger charge is 2.39. The minimum Gasteiger partial charge on any atom is -0.479 e. The molecule has 1 aromatic rings. The third-order valence-corrected chi connectivity index (χ3v) is 3.28. The number of aliphatic carboxylic acids is 1. The first-order chi connectivity index (χ1) is 9.06. The zero-order chi connectivity index (χ0) is 15.6. The van der Waals surface area contributed by atoms with Gasteiger partial charge in [0.25, 0.3) is 0 Å². The number of hydrogen-bond donors (Lipinski definition) is 2. The summed E-state index contributed by atoms with van der Waals surface area (Å²) in [5.74, 6) is -1.17. The Morgan fingerprint density at radius 2 is 1.75 bits per heavy atom. The van der Waals surface area contributed by atoms with E-state index in [4.69, 9.17) is 4.74 Å². The summed E-state index contributed by atoms with van der Waals surface area (Å²) in [5, 5.41) is 11.9. The summed E-state index contributed by atoms with van der Waals surface area (Å²) in [6, 6.07) is 6.82. The lowest BCUT2D eigenvalue weighted by molar-refractivity contribution is -0.144. The van der Waals surface area contributed by atoms with E-state index in [1.807, 2.05) is 0 Å². The van der Waals surface area contributed by atoms with Crippen LogP contribution in [0, 0.1) is 0 Å². The van der Waals surface area contributed by atoms with Crippen LogP contribution in [-0.2, 0) is 15.1 Å². The smallest absolute Gasteiger partial charge is 0.408 e. The van der Waals surface area contributed by atoms with Gasteiger partial charge in [0.2, 0.25) is 0 Å². The molecule has 20 heavy (non-hydrogen) atoms. The molecule has 0 aromatic heterocycles. The van der Waals surface area contributed by atoms with Gasteiger partial charge in [-0.3, -0.25) is 0 Å². The number of carboxylic acids is 1. The molecule has 0 saturated heterocycles. The predicted octanol–water partition coefficient (Wildman–Crippen LogP) is 3.27. The second-order valence-electron chi connectivity index (χ2n) is 5.54. The lowest BCUT2D eigenvalue weighted by Gasteiger charge is -2.29. The van der Waals surface area contributed by atoms with E-state index in [2.05, 4.69) is 21.2 Å². The number of carbonyl (C=O) groups is 2. The molecule has 0 fully saturated rings. The Kier molecular flexibility index (Phi) is 4.81. The average Bonchev–Trinajstić information content (AvgIpc) is 2.26. The van der Waals surface area contributed by atoms with Crippen molar-refractivity contribution >= 4 is 28.0 Å². The van der Waals surface area contributed by atoms with E-state index in [0.717, 1.165) is 0 Å². The summed E-state index contributed by atoms with van der Waals surface area (Å²) in [6.07, 6.45) is -0.779. The van der Waals surface area contributed by atoms with Gasteiger partial charge in [-0.1, -0.05) is 34.1 Å². The Morgan fingerprint density at radius 3 is 2.20 bits per heavy atom. The van der Waals surface area contributed by atoms with Gasteiger partial charge in [-0.25, -0.2) is 9.59 Å². The summed E-state index contributed by atoms with van der Waals surface area (Å²) in [7, 11) is 0. The summed E-state index contributed by atoms with van der Waals surface area (Å²) in [4.78, 5) is 23.4. The van der Waals surface area contributed by atoms with Crippen molar-refractivity contribution in [3.05, 3.63) is 34.3 Å². The first-order valence-electron chi connectivity index (χ1n) is 6.06. The van der Waals surface area contributed by atoms with Crippen molar-refractivity contribution in [3.8, 4) is 0 Å². The molecule has 1 aromatic carbocycles. The molecule has 6 heteroatoms. The van der Waals surface area contributed by atoms with Gasteiger partial charge in [0.15, 0.2) is 5.54 Å². The zero-order valence-corrected chi connectivity index (χ0v) is 13.4. The Balaban J connectivity index is 3.09. The number of nitrogens with one attached hydrogen (secondary N) is 1. The number of benzene rings is 1. The van der Waals surface area contributed by atoms with Crippen LogP contribution in [0.4, 0.5) is 4.79 Å². The number of ether oxygens (including phenoxy) is 1. The molecule has 2 N–H and O–H groups in total. The van der Waals surface area contributed by atoms with Crippen molar-refractivity contribution < 1.29 is 19.4 Å². The van der Waals surface area contributed by atoms with E-state index in [9.17, 15) is 14.7 Å². The largest absolute Gasteiger partial charge is 0.479 e. The van der Waals surface area contributed by atoms with Crippen LogP contribution >= 0.6 is 15.9 Å². The minimum atomic E-state index is -1.58. The highest BCUT2D eigenvalue weighted by molar-refractivity contribution is 9.10. The number of hydrogen-bond acceptors (Lipinski definition) is 3. The average molecular weight is 344 g/mol. The van der Waals surface area contributed by atoms with Gasteiger partial charge in [-0.2, -0.15) is 0 Å². The van der Waals surface area contributed by atoms with E-state index < -0.39 is 23.2 Å². The van der Waals surface area contributed by atoms with E-state index in [1.54, 1.807) is 45.0 Å². The van der Waals surface area contributed by atoms with Crippen LogP contribution in [0.1, 0.15) is 33.3 Å². The van der Waals surface area contributed by atoms with E-state index in [0.29, 0.717) is 10.0 Å². The van der Waals surface area contributed by atoms with Crippen molar-refractivity contribution in [2.75, 3.05) is 0 Å². The highest BCUT2D eigenvalue weighted by atomic mass is 79.9. The quantitative estimate of drug-likeness (QED) is 0.882. The Hall–Kier alpha value is -1.56. The molecule has 1 amide bonds. The first kappa shape index (κ1) is 16.5. The molecule has 0 saturated carbocycles. The molecule has 0 radical (unpaired) electrons. The maximum atomic E-state index is 11.9. The standard InChI is InChI=1S/C14H18BrNO4/c1-13(2,3)20-12(19)16-14(4,11(17)18)9-7-5-6-8-10(9)15/h5-8H,1-4H3,(H,16,19)(H,17,18)/t14-/m0/s1. The van der Waals surface area contributed by atoms with Crippen molar-refractivity contribution in [1.29, 1.82) is 0 Å². The van der Waals surface area contributed by atoms with Crippen LogP contribution in [0.15, 0.2) is 28.7 Å². The molecular weight excluding hydrogens is 326 g/mol. The minimum absolute atomic E-state index is 0.443. The van der Waals surface area contributed by atoms with E-state index >= 15 is 0 Å². The third kappa shape index (κ3) is 3.96. The van der Waals surface area contributed by atoms with Gasteiger partial charge < -0.3 is 15.2 Å².